The highest BCUT2D eigenvalue weighted by molar-refractivity contribution is 5.94. The van der Waals surface area contributed by atoms with Crippen LogP contribution in [0.3, 0.4) is 0 Å². The summed E-state index contributed by atoms with van der Waals surface area (Å²) in [4.78, 5) is 34.9. The molecule has 3 aromatic rings. The van der Waals surface area contributed by atoms with E-state index in [0.29, 0.717) is 30.9 Å². The van der Waals surface area contributed by atoms with Gasteiger partial charge in [0.15, 0.2) is 0 Å². The van der Waals surface area contributed by atoms with Crippen LogP contribution in [-0.4, -0.2) is 54.6 Å². The van der Waals surface area contributed by atoms with E-state index in [4.69, 9.17) is 0 Å². The minimum Gasteiger partial charge on any atom is -0.506 e. The van der Waals surface area contributed by atoms with Crippen LogP contribution in [0.25, 0.3) is 0 Å². The molecule has 0 radical (unpaired) electrons. The zero-order chi connectivity index (χ0) is 20.2. The van der Waals surface area contributed by atoms with Crippen molar-refractivity contribution in [1.29, 1.82) is 0 Å². The second-order valence-electron chi connectivity index (χ2n) is 6.90. The number of aromatic amines is 1. The van der Waals surface area contributed by atoms with Gasteiger partial charge in [-0.3, -0.25) is 19.7 Å². The van der Waals surface area contributed by atoms with Gasteiger partial charge in [-0.25, -0.2) is 4.98 Å². The van der Waals surface area contributed by atoms with E-state index in [0.717, 1.165) is 11.1 Å². The van der Waals surface area contributed by atoms with E-state index in [1.165, 1.54) is 24.8 Å². The molecule has 0 saturated carbocycles. The number of carbonyl (C=O) groups is 2. The van der Waals surface area contributed by atoms with Crippen molar-refractivity contribution in [3.8, 4) is 5.75 Å². The molecule has 9 nitrogen and oxygen atoms in total. The molecule has 9 heteroatoms. The van der Waals surface area contributed by atoms with Crippen LogP contribution < -0.4 is 5.32 Å². The van der Waals surface area contributed by atoms with Crippen LogP contribution in [0.1, 0.15) is 27.3 Å². The first-order chi connectivity index (χ1) is 14.1. The minimum absolute atomic E-state index is 0.0647. The van der Waals surface area contributed by atoms with Crippen LogP contribution in [0, 0.1) is 0 Å². The van der Waals surface area contributed by atoms with Crippen molar-refractivity contribution in [3.05, 3.63) is 71.6 Å². The van der Waals surface area contributed by atoms with Gasteiger partial charge in [0, 0.05) is 19.3 Å². The molecule has 2 amide bonds. The number of amides is 2. The predicted molar refractivity (Wildman–Crippen MR) is 103 cm³/mol. The molecule has 1 aliphatic rings. The Labute approximate surface area is 166 Å². The number of rotatable bonds is 5. The molecule has 1 aliphatic heterocycles. The summed E-state index contributed by atoms with van der Waals surface area (Å²) in [6, 6.07) is 9.12. The van der Waals surface area contributed by atoms with Crippen LogP contribution in [0.4, 0.5) is 0 Å². The SMILES string of the molecule is O=C(Cc1ncn[nH]1)NCC1Cc2ccccc2CN1C(=O)c1cncc(O)c1. The maximum absolute atomic E-state index is 13.1. The minimum atomic E-state index is -0.239. The molecule has 1 aromatic carbocycles. The molecule has 29 heavy (non-hydrogen) atoms. The van der Waals surface area contributed by atoms with Crippen LogP contribution in [0.2, 0.25) is 0 Å². The fourth-order valence-electron chi connectivity index (χ4n) is 3.48. The third-order valence-electron chi connectivity index (χ3n) is 4.91. The van der Waals surface area contributed by atoms with Gasteiger partial charge in [0.2, 0.25) is 5.91 Å². The number of hydrogen-bond donors (Lipinski definition) is 3. The molecule has 0 bridgehead atoms. The lowest BCUT2D eigenvalue weighted by molar-refractivity contribution is -0.120. The van der Waals surface area contributed by atoms with Crippen molar-refractivity contribution in [2.75, 3.05) is 6.54 Å². The lowest BCUT2D eigenvalue weighted by Gasteiger charge is -2.37. The van der Waals surface area contributed by atoms with Crippen molar-refractivity contribution in [1.82, 2.24) is 30.4 Å². The lowest BCUT2D eigenvalue weighted by Crippen LogP contribution is -2.50. The van der Waals surface area contributed by atoms with Gasteiger partial charge in [-0.05, 0) is 23.6 Å². The highest BCUT2D eigenvalue weighted by atomic mass is 16.3. The smallest absolute Gasteiger partial charge is 0.256 e. The first-order valence-electron chi connectivity index (χ1n) is 9.23. The highest BCUT2D eigenvalue weighted by Gasteiger charge is 2.30. The van der Waals surface area contributed by atoms with Gasteiger partial charge >= 0.3 is 0 Å². The molecule has 0 saturated heterocycles. The molecule has 0 spiro atoms. The number of pyridine rings is 1. The average molecular weight is 392 g/mol. The van der Waals surface area contributed by atoms with Crippen molar-refractivity contribution in [2.24, 2.45) is 0 Å². The van der Waals surface area contributed by atoms with Gasteiger partial charge in [0.25, 0.3) is 5.91 Å². The summed E-state index contributed by atoms with van der Waals surface area (Å²) in [6.07, 6.45) is 4.78. The second-order valence-corrected chi connectivity index (χ2v) is 6.90. The van der Waals surface area contributed by atoms with E-state index in [2.05, 4.69) is 25.5 Å². The van der Waals surface area contributed by atoms with Crippen molar-refractivity contribution in [2.45, 2.75) is 25.4 Å². The molecular weight excluding hydrogens is 372 g/mol. The van der Waals surface area contributed by atoms with Crippen molar-refractivity contribution in [3.63, 3.8) is 0 Å². The van der Waals surface area contributed by atoms with E-state index < -0.39 is 0 Å². The molecule has 148 valence electrons. The third kappa shape index (κ3) is 4.23. The third-order valence-corrected chi connectivity index (χ3v) is 4.91. The Bertz CT molecular complexity index is 1020. The first kappa shape index (κ1) is 18.6. The Morgan fingerprint density at radius 2 is 2.07 bits per heavy atom. The van der Waals surface area contributed by atoms with Gasteiger partial charge in [-0.2, -0.15) is 5.10 Å². The Kier molecular flexibility index (Phi) is 5.19. The van der Waals surface area contributed by atoms with E-state index in [9.17, 15) is 14.7 Å². The molecular formula is C20H20N6O3. The molecule has 0 aliphatic carbocycles. The number of carbonyl (C=O) groups excluding carboxylic acids is 2. The number of hydrogen-bond acceptors (Lipinski definition) is 6. The topological polar surface area (TPSA) is 124 Å². The Morgan fingerprint density at radius 3 is 2.83 bits per heavy atom. The van der Waals surface area contributed by atoms with E-state index in [1.54, 1.807) is 4.90 Å². The quantitative estimate of drug-likeness (QED) is 0.591. The monoisotopic (exact) mass is 392 g/mol. The summed E-state index contributed by atoms with van der Waals surface area (Å²) in [5, 5.41) is 18.9. The maximum atomic E-state index is 13.1. The largest absolute Gasteiger partial charge is 0.506 e. The molecule has 0 fully saturated rings. The van der Waals surface area contributed by atoms with E-state index in [-0.39, 0.29) is 30.0 Å². The van der Waals surface area contributed by atoms with Gasteiger partial charge in [0.1, 0.15) is 17.9 Å². The molecule has 4 rings (SSSR count). The summed E-state index contributed by atoms with van der Waals surface area (Å²) < 4.78 is 0. The number of aromatic hydroxyl groups is 1. The van der Waals surface area contributed by atoms with Crippen LogP contribution in [-0.2, 0) is 24.2 Å². The van der Waals surface area contributed by atoms with Crippen LogP contribution in [0.5, 0.6) is 5.75 Å². The van der Waals surface area contributed by atoms with Crippen molar-refractivity contribution >= 4 is 11.8 Å². The molecule has 3 N–H and O–H groups in total. The lowest BCUT2D eigenvalue weighted by atomic mass is 9.93. The second kappa shape index (κ2) is 8.09. The Hall–Kier alpha value is -3.75. The van der Waals surface area contributed by atoms with Gasteiger partial charge in [-0.1, -0.05) is 24.3 Å². The van der Waals surface area contributed by atoms with Gasteiger partial charge in [-0.15, -0.1) is 0 Å². The van der Waals surface area contributed by atoms with Gasteiger partial charge in [0.05, 0.1) is 24.2 Å². The summed E-state index contributed by atoms with van der Waals surface area (Å²) in [5.41, 5.74) is 2.53. The van der Waals surface area contributed by atoms with E-state index in [1.807, 2.05) is 24.3 Å². The highest BCUT2D eigenvalue weighted by Crippen LogP contribution is 2.25. The van der Waals surface area contributed by atoms with Crippen LogP contribution in [0.15, 0.2) is 49.1 Å². The van der Waals surface area contributed by atoms with Crippen LogP contribution >= 0.6 is 0 Å². The van der Waals surface area contributed by atoms with Gasteiger partial charge < -0.3 is 15.3 Å². The summed E-state index contributed by atoms with van der Waals surface area (Å²) in [7, 11) is 0. The fraction of sp³-hybridized carbons (Fsp3) is 0.250. The molecule has 1 unspecified atom stereocenters. The summed E-state index contributed by atoms with van der Waals surface area (Å²) in [5.74, 6) is -0.0233. The molecule has 3 heterocycles. The maximum Gasteiger partial charge on any atom is 0.256 e. The number of nitrogens with one attached hydrogen (secondary N) is 2. The number of fused-ring (bicyclic) bond motifs is 1. The average Bonchev–Trinajstić information content (AvgIpc) is 3.24. The standard InChI is InChI=1S/C20H20N6O3/c27-17-6-15(8-21-10-17)20(29)26-11-14-4-2-1-3-13(14)5-16(26)9-22-19(28)7-18-23-12-24-25-18/h1-4,6,8,10,12,16,27H,5,7,9,11H2,(H,22,28)(H,23,24,25). The Balaban J connectivity index is 1.52. The van der Waals surface area contributed by atoms with Crippen molar-refractivity contribution < 1.29 is 14.7 Å². The molecule has 1 atom stereocenters. The number of nitrogens with zero attached hydrogens (tertiary/aromatic N) is 4. The zero-order valence-electron chi connectivity index (χ0n) is 15.6. The molecule has 2 aromatic heterocycles. The normalized spacial score (nSPS) is 15.6. The number of aromatic nitrogens is 4. The Morgan fingerprint density at radius 1 is 1.24 bits per heavy atom. The fourth-order valence-corrected chi connectivity index (χ4v) is 3.48. The number of benzene rings is 1. The van der Waals surface area contributed by atoms with E-state index >= 15 is 0 Å². The summed E-state index contributed by atoms with van der Waals surface area (Å²) in [6.45, 7) is 0.729. The predicted octanol–water partition coefficient (Wildman–Crippen LogP) is 0.831. The first-order valence-corrected chi connectivity index (χ1v) is 9.23. The summed E-state index contributed by atoms with van der Waals surface area (Å²) >= 11 is 0. The number of H-pyrrole nitrogens is 1. The zero-order valence-corrected chi connectivity index (χ0v) is 15.6.